The average molecular weight is 434 g/mol. The molecule has 0 bridgehead atoms. The van der Waals surface area contributed by atoms with Crippen LogP contribution in [0.25, 0.3) is 5.69 Å². The Bertz CT molecular complexity index is 1050. The molecule has 0 aliphatic carbocycles. The van der Waals surface area contributed by atoms with Gasteiger partial charge in [-0.1, -0.05) is 18.2 Å². The van der Waals surface area contributed by atoms with Crippen LogP contribution in [0.2, 0.25) is 0 Å². The monoisotopic (exact) mass is 433 g/mol. The highest BCUT2D eigenvalue weighted by molar-refractivity contribution is 7.91. The summed E-state index contributed by atoms with van der Waals surface area (Å²) in [4.78, 5) is 27.2. The first kappa shape index (κ1) is 22.0. The third-order valence-corrected chi connectivity index (χ3v) is 7.15. The molecule has 1 fully saturated rings. The van der Waals surface area contributed by atoms with Crippen LogP contribution in [-0.4, -0.2) is 65.2 Å². The standard InChI is InChI=1S/C21H27N3O5S/c1-5-23(18-11-12-30(27,28)13-18)20(25)16(4)29-21(26)19-14(2)22-24(15(19)3)17-9-7-6-8-10-17/h6-10,16,18H,5,11-13H2,1-4H3/t16-,18+/m0/s1. The second kappa shape index (κ2) is 8.59. The van der Waals surface area contributed by atoms with Crippen molar-refractivity contribution in [2.45, 2.75) is 46.3 Å². The highest BCUT2D eigenvalue weighted by Crippen LogP contribution is 2.21. The number of sulfone groups is 1. The van der Waals surface area contributed by atoms with Crippen LogP contribution < -0.4 is 0 Å². The number of ether oxygens (including phenoxy) is 1. The molecule has 0 saturated carbocycles. The van der Waals surface area contributed by atoms with Crippen molar-refractivity contribution in [2.24, 2.45) is 0 Å². The Morgan fingerprint density at radius 1 is 1.27 bits per heavy atom. The zero-order valence-corrected chi connectivity index (χ0v) is 18.5. The van der Waals surface area contributed by atoms with Crippen LogP contribution in [0, 0.1) is 13.8 Å². The minimum atomic E-state index is -3.12. The number of hydrogen-bond acceptors (Lipinski definition) is 6. The van der Waals surface area contributed by atoms with E-state index in [1.807, 2.05) is 30.3 Å². The third kappa shape index (κ3) is 4.40. The second-order valence-electron chi connectivity index (χ2n) is 7.52. The van der Waals surface area contributed by atoms with Crippen molar-refractivity contribution < 1.29 is 22.7 Å². The number of hydrogen-bond donors (Lipinski definition) is 0. The van der Waals surface area contributed by atoms with E-state index in [0.717, 1.165) is 5.69 Å². The molecular weight excluding hydrogens is 406 g/mol. The van der Waals surface area contributed by atoms with E-state index in [-0.39, 0.29) is 17.5 Å². The molecule has 0 spiro atoms. The number of esters is 1. The zero-order valence-electron chi connectivity index (χ0n) is 17.7. The van der Waals surface area contributed by atoms with Gasteiger partial charge in [-0.2, -0.15) is 5.10 Å². The maximum atomic E-state index is 12.9. The van der Waals surface area contributed by atoms with Crippen LogP contribution in [0.15, 0.2) is 30.3 Å². The van der Waals surface area contributed by atoms with Crippen LogP contribution in [0.4, 0.5) is 0 Å². The molecule has 2 heterocycles. The molecule has 1 saturated heterocycles. The predicted octanol–water partition coefficient (Wildman–Crippen LogP) is 2.07. The number of carbonyl (C=O) groups is 2. The van der Waals surface area contributed by atoms with Gasteiger partial charge in [0.2, 0.25) is 0 Å². The van der Waals surface area contributed by atoms with E-state index >= 15 is 0 Å². The molecule has 30 heavy (non-hydrogen) atoms. The molecule has 0 N–H and O–H groups in total. The summed E-state index contributed by atoms with van der Waals surface area (Å²) >= 11 is 0. The number of benzene rings is 1. The number of nitrogens with zero attached hydrogens (tertiary/aromatic N) is 3. The number of likely N-dealkylation sites (N-methyl/N-ethyl adjacent to an activating group) is 1. The lowest BCUT2D eigenvalue weighted by Gasteiger charge is -2.29. The van der Waals surface area contributed by atoms with Gasteiger partial charge in [-0.25, -0.2) is 17.9 Å². The molecule has 1 aliphatic rings. The quantitative estimate of drug-likeness (QED) is 0.647. The lowest BCUT2D eigenvalue weighted by molar-refractivity contribution is -0.141. The molecule has 0 unspecified atom stereocenters. The Morgan fingerprint density at radius 2 is 1.93 bits per heavy atom. The topological polar surface area (TPSA) is 98.6 Å². The Kier molecular flexibility index (Phi) is 6.30. The Hall–Kier alpha value is -2.68. The van der Waals surface area contributed by atoms with Crippen molar-refractivity contribution >= 4 is 21.7 Å². The van der Waals surface area contributed by atoms with Crippen LogP contribution in [0.1, 0.15) is 42.0 Å². The van der Waals surface area contributed by atoms with Crippen molar-refractivity contribution in [3.8, 4) is 5.69 Å². The van der Waals surface area contributed by atoms with E-state index in [1.165, 1.54) is 11.8 Å². The largest absolute Gasteiger partial charge is 0.449 e. The number of amides is 1. The summed E-state index contributed by atoms with van der Waals surface area (Å²) in [5.41, 5.74) is 2.28. The highest BCUT2D eigenvalue weighted by atomic mass is 32.2. The smallest absolute Gasteiger partial charge is 0.342 e. The molecule has 1 aromatic heterocycles. The molecule has 2 atom stereocenters. The summed E-state index contributed by atoms with van der Waals surface area (Å²) in [7, 11) is -3.12. The SMILES string of the molecule is CCN(C(=O)[C@H](C)OC(=O)c1c(C)nn(-c2ccccc2)c1C)[C@@H]1CCS(=O)(=O)C1. The molecule has 2 aromatic rings. The first-order chi connectivity index (χ1) is 14.1. The average Bonchev–Trinajstić information content (AvgIpc) is 3.21. The fourth-order valence-electron chi connectivity index (χ4n) is 3.88. The van der Waals surface area contributed by atoms with Gasteiger partial charge < -0.3 is 9.64 Å². The summed E-state index contributed by atoms with van der Waals surface area (Å²) in [6.45, 7) is 7.15. The molecule has 1 amide bonds. The normalized spacial score (nSPS) is 18.7. The molecule has 9 heteroatoms. The summed E-state index contributed by atoms with van der Waals surface area (Å²) in [5, 5.41) is 4.44. The Morgan fingerprint density at radius 3 is 2.50 bits per heavy atom. The van der Waals surface area contributed by atoms with Crippen LogP contribution in [0.5, 0.6) is 0 Å². The maximum Gasteiger partial charge on any atom is 0.342 e. The first-order valence-corrected chi connectivity index (χ1v) is 11.8. The van der Waals surface area contributed by atoms with E-state index in [4.69, 9.17) is 4.74 Å². The fourth-order valence-corrected chi connectivity index (χ4v) is 5.61. The summed E-state index contributed by atoms with van der Waals surface area (Å²) in [5.74, 6) is -0.982. The molecule has 3 rings (SSSR count). The van der Waals surface area contributed by atoms with E-state index in [9.17, 15) is 18.0 Å². The molecular formula is C21H27N3O5S. The van der Waals surface area contributed by atoms with Crippen LogP contribution >= 0.6 is 0 Å². The highest BCUT2D eigenvalue weighted by Gasteiger charge is 2.36. The van der Waals surface area contributed by atoms with Gasteiger partial charge in [0.1, 0.15) is 5.56 Å². The Balaban J connectivity index is 1.75. The van der Waals surface area contributed by atoms with Crippen LogP contribution in [-0.2, 0) is 19.4 Å². The van der Waals surface area contributed by atoms with E-state index in [0.29, 0.717) is 29.9 Å². The predicted molar refractivity (Wildman–Crippen MR) is 112 cm³/mol. The summed E-state index contributed by atoms with van der Waals surface area (Å²) in [6, 6.07) is 9.05. The van der Waals surface area contributed by atoms with Crippen molar-refractivity contribution in [1.29, 1.82) is 0 Å². The van der Waals surface area contributed by atoms with Gasteiger partial charge in [-0.3, -0.25) is 4.79 Å². The zero-order chi connectivity index (χ0) is 22.1. The van der Waals surface area contributed by atoms with Gasteiger partial charge in [0.05, 0.1) is 28.6 Å². The molecule has 1 aliphatic heterocycles. The van der Waals surface area contributed by atoms with Crippen molar-refractivity contribution in [2.75, 3.05) is 18.1 Å². The molecule has 0 radical (unpaired) electrons. The lowest BCUT2D eigenvalue weighted by atomic mass is 10.2. The van der Waals surface area contributed by atoms with Crippen molar-refractivity contribution in [3.05, 3.63) is 47.3 Å². The second-order valence-corrected chi connectivity index (χ2v) is 9.75. The summed E-state index contributed by atoms with van der Waals surface area (Å²) in [6.07, 6.45) is -0.621. The molecule has 8 nitrogen and oxygen atoms in total. The molecule has 1 aromatic carbocycles. The van der Waals surface area contributed by atoms with Crippen LogP contribution in [0.3, 0.4) is 0 Å². The molecule has 162 valence electrons. The fraction of sp³-hybridized carbons (Fsp3) is 0.476. The van der Waals surface area contributed by atoms with Gasteiger partial charge in [-0.05, 0) is 46.2 Å². The van der Waals surface area contributed by atoms with Gasteiger partial charge in [0.15, 0.2) is 15.9 Å². The third-order valence-electron chi connectivity index (χ3n) is 5.40. The van der Waals surface area contributed by atoms with E-state index in [1.54, 1.807) is 25.5 Å². The first-order valence-electron chi connectivity index (χ1n) is 9.98. The number of rotatable bonds is 6. The van der Waals surface area contributed by atoms with Gasteiger partial charge in [0, 0.05) is 12.6 Å². The number of aromatic nitrogens is 2. The van der Waals surface area contributed by atoms with Crippen molar-refractivity contribution in [1.82, 2.24) is 14.7 Å². The van der Waals surface area contributed by atoms with Gasteiger partial charge >= 0.3 is 5.97 Å². The number of carbonyl (C=O) groups excluding carboxylic acids is 2. The Labute approximate surface area is 176 Å². The van der Waals surface area contributed by atoms with Gasteiger partial charge in [0.25, 0.3) is 5.91 Å². The van der Waals surface area contributed by atoms with Gasteiger partial charge in [-0.15, -0.1) is 0 Å². The van der Waals surface area contributed by atoms with E-state index < -0.39 is 27.8 Å². The lowest BCUT2D eigenvalue weighted by Crippen LogP contribution is -2.46. The minimum Gasteiger partial charge on any atom is -0.449 e. The minimum absolute atomic E-state index is 0.0463. The number of aryl methyl sites for hydroxylation is 1. The summed E-state index contributed by atoms with van der Waals surface area (Å²) < 4.78 is 30.7. The number of para-hydroxylation sites is 1. The maximum absolute atomic E-state index is 12.9. The van der Waals surface area contributed by atoms with Crippen molar-refractivity contribution in [3.63, 3.8) is 0 Å². The van der Waals surface area contributed by atoms with E-state index in [2.05, 4.69) is 5.10 Å².